The molecule has 136 valence electrons. The highest BCUT2D eigenvalue weighted by Crippen LogP contribution is 2.32. The van der Waals surface area contributed by atoms with Gasteiger partial charge in [-0.3, -0.25) is 4.79 Å². The summed E-state index contributed by atoms with van der Waals surface area (Å²) in [6.45, 7) is 2.64. The van der Waals surface area contributed by atoms with Crippen molar-refractivity contribution in [1.82, 2.24) is 20.0 Å². The smallest absolute Gasteiger partial charge is 0.274 e. The zero-order valence-corrected chi connectivity index (χ0v) is 14.9. The van der Waals surface area contributed by atoms with Crippen LogP contribution in [0.2, 0.25) is 0 Å². The Balaban J connectivity index is 1.87. The number of benzene rings is 1. The minimum atomic E-state index is -0.0791. The quantitative estimate of drug-likeness (QED) is 0.699. The zero-order chi connectivity index (χ0) is 18.5. The van der Waals surface area contributed by atoms with E-state index in [2.05, 4.69) is 15.5 Å². The minimum Gasteiger partial charge on any atom is -0.493 e. The van der Waals surface area contributed by atoms with E-state index in [0.29, 0.717) is 35.5 Å². The molecule has 1 aromatic carbocycles. The van der Waals surface area contributed by atoms with Crippen LogP contribution in [0, 0.1) is 0 Å². The fraction of sp³-hybridized carbons (Fsp3) is 0.278. The van der Waals surface area contributed by atoms with Gasteiger partial charge in [-0.05, 0) is 37.3 Å². The average Bonchev–Trinajstić information content (AvgIpc) is 3.30. The molecule has 3 rings (SSSR count). The molecule has 1 N–H and O–H groups in total. The highest BCUT2D eigenvalue weighted by atomic mass is 16.5. The fourth-order valence-corrected chi connectivity index (χ4v) is 2.57. The van der Waals surface area contributed by atoms with E-state index in [1.54, 1.807) is 37.1 Å². The second kappa shape index (κ2) is 7.73. The number of hydrogen-bond donors (Lipinski definition) is 1. The first-order chi connectivity index (χ1) is 12.7. The van der Waals surface area contributed by atoms with Crippen LogP contribution in [-0.4, -0.2) is 41.4 Å². The van der Waals surface area contributed by atoms with Gasteiger partial charge in [0, 0.05) is 18.3 Å². The predicted octanol–water partition coefficient (Wildman–Crippen LogP) is 2.36. The van der Waals surface area contributed by atoms with Crippen molar-refractivity contribution < 1.29 is 18.8 Å². The van der Waals surface area contributed by atoms with Gasteiger partial charge < -0.3 is 23.9 Å². The van der Waals surface area contributed by atoms with E-state index in [1.807, 2.05) is 25.1 Å². The van der Waals surface area contributed by atoms with Crippen LogP contribution in [0.1, 0.15) is 6.92 Å². The lowest BCUT2D eigenvalue weighted by molar-refractivity contribution is -0.121. The van der Waals surface area contributed by atoms with Crippen LogP contribution >= 0.6 is 0 Å². The van der Waals surface area contributed by atoms with Gasteiger partial charge in [-0.25, -0.2) is 0 Å². The maximum absolute atomic E-state index is 11.8. The molecule has 3 aromatic rings. The molecular weight excluding hydrogens is 336 g/mol. The van der Waals surface area contributed by atoms with Crippen LogP contribution in [-0.2, 0) is 11.3 Å². The number of methoxy groups -OCH3 is 2. The van der Waals surface area contributed by atoms with E-state index in [1.165, 1.54) is 0 Å². The lowest BCUT2D eigenvalue weighted by atomic mass is 10.2. The first kappa shape index (κ1) is 17.5. The van der Waals surface area contributed by atoms with E-state index in [0.717, 1.165) is 5.56 Å². The molecule has 2 heterocycles. The van der Waals surface area contributed by atoms with Crippen LogP contribution in [0.25, 0.3) is 23.0 Å². The van der Waals surface area contributed by atoms with E-state index in [4.69, 9.17) is 14.0 Å². The lowest BCUT2D eigenvalue weighted by Crippen LogP contribution is -2.27. The van der Waals surface area contributed by atoms with E-state index < -0.39 is 0 Å². The Labute approximate surface area is 150 Å². The second-order valence-corrected chi connectivity index (χ2v) is 5.47. The highest BCUT2D eigenvalue weighted by molar-refractivity contribution is 5.76. The number of likely N-dealkylation sites (N-methyl/N-ethyl adjacent to an activating group) is 1. The third kappa shape index (κ3) is 3.53. The Kier molecular flexibility index (Phi) is 5.21. The summed E-state index contributed by atoms with van der Waals surface area (Å²) >= 11 is 0. The van der Waals surface area contributed by atoms with E-state index in [-0.39, 0.29) is 12.5 Å². The SMILES string of the molecule is CCNC(=O)Cn1cccc1-c1nc(-c2ccc(OC)c(OC)c2)no1. The van der Waals surface area contributed by atoms with Crippen molar-refractivity contribution in [3.63, 3.8) is 0 Å². The molecular formula is C18H20N4O4. The summed E-state index contributed by atoms with van der Waals surface area (Å²) in [7, 11) is 3.14. The van der Waals surface area contributed by atoms with Gasteiger partial charge in [0.25, 0.3) is 5.89 Å². The molecule has 8 heteroatoms. The molecule has 26 heavy (non-hydrogen) atoms. The zero-order valence-electron chi connectivity index (χ0n) is 14.9. The van der Waals surface area contributed by atoms with Crippen molar-refractivity contribution in [2.75, 3.05) is 20.8 Å². The topological polar surface area (TPSA) is 91.4 Å². The van der Waals surface area contributed by atoms with Gasteiger partial charge in [0.1, 0.15) is 12.2 Å². The molecule has 2 aromatic heterocycles. The molecule has 8 nitrogen and oxygen atoms in total. The lowest BCUT2D eigenvalue weighted by Gasteiger charge is -2.07. The maximum Gasteiger partial charge on any atom is 0.274 e. The molecule has 0 spiro atoms. The number of ether oxygens (including phenoxy) is 2. The Hall–Kier alpha value is -3.29. The van der Waals surface area contributed by atoms with Gasteiger partial charge in [-0.15, -0.1) is 0 Å². The molecule has 0 aliphatic heterocycles. The first-order valence-electron chi connectivity index (χ1n) is 8.14. The van der Waals surface area contributed by atoms with E-state index >= 15 is 0 Å². The van der Waals surface area contributed by atoms with Gasteiger partial charge in [-0.1, -0.05) is 5.16 Å². The Morgan fingerprint density at radius 2 is 2.04 bits per heavy atom. The van der Waals surface area contributed by atoms with Crippen molar-refractivity contribution in [1.29, 1.82) is 0 Å². The molecule has 0 fully saturated rings. The molecule has 0 radical (unpaired) electrons. The van der Waals surface area contributed by atoms with Gasteiger partial charge in [-0.2, -0.15) is 4.98 Å². The average molecular weight is 356 g/mol. The number of nitrogens with zero attached hydrogens (tertiary/aromatic N) is 3. The van der Waals surface area contributed by atoms with Gasteiger partial charge in [0.05, 0.1) is 14.2 Å². The molecule has 0 saturated carbocycles. The molecule has 0 unspecified atom stereocenters. The summed E-state index contributed by atoms with van der Waals surface area (Å²) in [6.07, 6.45) is 1.80. The van der Waals surface area contributed by atoms with Crippen LogP contribution in [0.15, 0.2) is 41.1 Å². The number of amides is 1. The summed E-state index contributed by atoms with van der Waals surface area (Å²) in [5.41, 5.74) is 1.41. The summed E-state index contributed by atoms with van der Waals surface area (Å²) in [5.74, 6) is 1.88. The highest BCUT2D eigenvalue weighted by Gasteiger charge is 2.16. The van der Waals surface area contributed by atoms with Gasteiger partial charge >= 0.3 is 0 Å². The van der Waals surface area contributed by atoms with Crippen molar-refractivity contribution in [3.8, 4) is 34.5 Å². The molecule has 0 atom stereocenters. The number of carbonyl (C=O) groups is 1. The Bertz CT molecular complexity index is 900. The molecule has 0 bridgehead atoms. The third-order valence-corrected chi connectivity index (χ3v) is 3.80. The van der Waals surface area contributed by atoms with Crippen molar-refractivity contribution in [2.45, 2.75) is 13.5 Å². The van der Waals surface area contributed by atoms with Gasteiger partial charge in [0.2, 0.25) is 11.7 Å². The monoisotopic (exact) mass is 356 g/mol. The van der Waals surface area contributed by atoms with Crippen molar-refractivity contribution in [2.24, 2.45) is 0 Å². The number of hydrogen-bond acceptors (Lipinski definition) is 6. The third-order valence-electron chi connectivity index (χ3n) is 3.80. The summed E-state index contributed by atoms with van der Waals surface area (Å²) in [4.78, 5) is 16.3. The summed E-state index contributed by atoms with van der Waals surface area (Å²) in [6, 6.07) is 9.03. The summed E-state index contributed by atoms with van der Waals surface area (Å²) in [5, 5.41) is 6.80. The predicted molar refractivity (Wildman–Crippen MR) is 94.9 cm³/mol. The van der Waals surface area contributed by atoms with Gasteiger partial charge in [0.15, 0.2) is 11.5 Å². The van der Waals surface area contributed by atoms with Crippen molar-refractivity contribution >= 4 is 5.91 Å². The van der Waals surface area contributed by atoms with Crippen LogP contribution < -0.4 is 14.8 Å². The molecule has 0 aliphatic carbocycles. The van der Waals surface area contributed by atoms with Crippen molar-refractivity contribution in [3.05, 3.63) is 36.5 Å². The number of carbonyl (C=O) groups excluding carboxylic acids is 1. The second-order valence-electron chi connectivity index (χ2n) is 5.47. The summed E-state index contributed by atoms with van der Waals surface area (Å²) < 4.78 is 17.7. The maximum atomic E-state index is 11.8. The molecule has 0 saturated heterocycles. The largest absolute Gasteiger partial charge is 0.493 e. The van der Waals surface area contributed by atoms with Crippen LogP contribution in [0.3, 0.4) is 0 Å². The number of rotatable bonds is 7. The molecule has 1 amide bonds. The normalized spacial score (nSPS) is 10.6. The minimum absolute atomic E-state index is 0.0791. The number of nitrogens with one attached hydrogen (secondary N) is 1. The standard InChI is InChI=1S/C18H20N4O4/c1-4-19-16(23)11-22-9-5-6-13(22)18-20-17(21-26-18)12-7-8-14(24-2)15(10-12)25-3/h5-10H,4,11H2,1-3H3,(H,19,23). The number of aromatic nitrogens is 3. The fourth-order valence-electron chi connectivity index (χ4n) is 2.57. The first-order valence-corrected chi connectivity index (χ1v) is 8.14. The Morgan fingerprint density at radius 3 is 2.77 bits per heavy atom. The molecule has 0 aliphatic rings. The van der Waals surface area contributed by atoms with Crippen LogP contribution in [0.5, 0.6) is 11.5 Å². The van der Waals surface area contributed by atoms with E-state index in [9.17, 15) is 4.79 Å². The van der Waals surface area contributed by atoms with Crippen LogP contribution in [0.4, 0.5) is 0 Å². The Morgan fingerprint density at radius 1 is 1.23 bits per heavy atom.